The number of hydrogen-bond acceptors (Lipinski definition) is 6. The Morgan fingerprint density at radius 3 is 2.27 bits per heavy atom. The number of imidazole rings is 1. The molecule has 9 nitrogen and oxygen atoms in total. The molecule has 1 saturated heterocycles. The Morgan fingerprint density at radius 2 is 1.55 bits per heavy atom. The first kappa shape index (κ1) is 22.0. The summed E-state index contributed by atoms with van der Waals surface area (Å²) in [6.45, 7) is 7.93. The zero-order chi connectivity index (χ0) is 23.2. The molecule has 0 N–H and O–H groups in total. The summed E-state index contributed by atoms with van der Waals surface area (Å²) < 4.78 is 42.4. The highest BCUT2D eigenvalue weighted by molar-refractivity contribution is 7.89. The lowest BCUT2D eigenvalue weighted by Crippen LogP contribution is -2.48. The van der Waals surface area contributed by atoms with E-state index in [1.807, 2.05) is 32.0 Å². The molecule has 2 aliphatic heterocycles. The van der Waals surface area contributed by atoms with Crippen molar-refractivity contribution in [1.82, 2.24) is 18.3 Å². The number of sulfonamides is 1. The van der Waals surface area contributed by atoms with Crippen LogP contribution < -0.4 is 15.2 Å². The number of ether oxygens (including phenoxy) is 2. The van der Waals surface area contributed by atoms with E-state index in [2.05, 4.69) is 4.90 Å². The smallest absolute Gasteiger partial charge is 0.329 e. The van der Waals surface area contributed by atoms with Gasteiger partial charge in [0.15, 0.2) is 11.5 Å². The van der Waals surface area contributed by atoms with Gasteiger partial charge in [0.2, 0.25) is 16.8 Å². The van der Waals surface area contributed by atoms with E-state index in [-0.39, 0.29) is 17.4 Å². The van der Waals surface area contributed by atoms with Crippen LogP contribution in [0.4, 0.5) is 0 Å². The second-order valence-electron chi connectivity index (χ2n) is 8.29. The van der Waals surface area contributed by atoms with Crippen LogP contribution in [0.3, 0.4) is 0 Å². The Bertz CT molecular complexity index is 1350. The van der Waals surface area contributed by atoms with Crippen molar-refractivity contribution >= 4 is 21.1 Å². The van der Waals surface area contributed by atoms with Gasteiger partial charge in [-0.05, 0) is 49.7 Å². The van der Waals surface area contributed by atoms with E-state index >= 15 is 0 Å². The van der Waals surface area contributed by atoms with Gasteiger partial charge in [-0.1, -0.05) is 6.07 Å². The van der Waals surface area contributed by atoms with Crippen LogP contribution in [0.15, 0.2) is 46.1 Å². The summed E-state index contributed by atoms with van der Waals surface area (Å²) in [6, 6.07) is 10.9. The molecular weight excluding hydrogens is 444 g/mol. The topological polar surface area (TPSA) is 86.0 Å². The SMILES string of the molecule is CCn1c(=O)n(CC)c2cc(S(=O)(=O)N3CCN(Cc4ccc5c(c4)OCO5)CC3)ccc21. The summed E-state index contributed by atoms with van der Waals surface area (Å²) in [5.41, 5.74) is 2.42. The number of benzene rings is 2. The van der Waals surface area contributed by atoms with Crippen molar-refractivity contribution in [3.8, 4) is 11.5 Å². The van der Waals surface area contributed by atoms with Crippen LogP contribution >= 0.6 is 0 Å². The van der Waals surface area contributed by atoms with Crippen molar-refractivity contribution in [2.75, 3.05) is 33.0 Å². The molecule has 3 aromatic rings. The highest BCUT2D eigenvalue weighted by atomic mass is 32.2. The molecule has 5 rings (SSSR count). The zero-order valence-electron chi connectivity index (χ0n) is 18.9. The number of hydrogen-bond donors (Lipinski definition) is 0. The molecule has 0 spiro atoms. The van der Waals surface area contributed by atoms with E-state index < -0.39 is 10.0 Å². The number of aryl methyl sites for hydroxylation is 2. The standard InChI is InChI=1S/C23H28N4O5S/c1-3-26-19-7-6-18(14-20(19)27(4-2)23(26)28)33(29,30)25-11-9-24(10-12-25)15-17-5-8-21-22(13-17)32-16-31-21/h5-8,13-14H,3-4,9-12,15-16H2,1-2H3. The maximum absolute atomic E-state index is 13.4. The monoisotopic (exact) mass is 472 g/mol. The Balaban J connectivity index is 1.32. The van der Waals surface area contributed by atoms with Gasteiger partial charge in [-0.3, -0.25) is 14.0 Å². The normalized spacial score (nSPS) is 17.2. The maximum Gasteiger partial charge on any atom is 0.329 e. The van der Waals surface area contributed by atoms with E-state index in [1.165, 1.54) is 4.31 Å². The fraction of sp³-hybridized carbons (Fsp3) is 0.435. The summed E-state index contributed by atoms with van der Waals surface area (Å²) in [5, 5.41) is 0. The number of rotatable bonds is 6. The van der Waals surface area contributed by atoms with Crippen LogP contribution in [-0.4, -0.2) is 59.7 Å². The lowest BCUT2D eigenvalue weighted by atomic mass is 10.2. The average Bonchev–Trinajstić information content (AvgIpc) is 3.39. The van der Waals surface area contributed by atoms with Crippen molar-refractivity contribution in [2.24, 2.45) is 0 Å². The average molecular weight is 473 g/mol. The van der Waals surface area contributed by atoms with Gasteiger partial charge in [0.1, 0.15) is 0 Å². The molecule has 0 unspecified atom stereocenters. The first-order valence-electron chi connectivity index (χ1n) is 11.3. The molecule has 2 aromatic carbocycles. The molecule has 0 saturated carbocycles. The molecule has 0 atom stereocenters. The number of fused-ring (bicyclic) bond motifs is 2. The number of aromatic nitrogens is 2. The largest absolute Gasteiger partial charge is 0.454 e. The van der Waals surface area contributed by atoms with Crippen LogP contribution in [0.1, 0.15) is 19.4 Å². The van der Waals surface area contributed by atoms with E-state index in [1.54, 1.807) is 27.3 Å². The van der Waals surface area contributed by atoms with Gasteiger partial charge in [0, 0.05) is 45.8 Å². The van der Waals surface area contributed by atoms with Crippen LogP contribution in [-0.2, 0) is 29.7 Å². The summed E-state index contributed by atoms with van der Waals surface area (Å²) in [7, 11) is -3.65. The van der Waals surface area contributed by atoms with Gasteiger partial charge in [-0.15, -0.1) is 0 Å². The number of nitrogens with zero attached hydrogens (tertiary/aromatic N) is 4. The summed E-state index contributed by atoms with van der Waals surface area (Å²) in [6.07, 6.45) is 0. The minimum Gasteiger partial charge on any atom is -0.454 e. The summed E-state index contributed by atoms with van der Waals surface area (Å²) in [5.74, 6) is 1.51. The van der Waals surface area contributed by atoms with E-state index in [0.717, 1.165) is 29.1 Å². The van der Waals surface area contributed by atoms with Gasteiger partial charge >= 0.3 is 5.69 Å². The predicted molar refractivity (Wildman–Crippen MR) is 124 cm³/mol. The second-order valence-corrected chi connectivity index (χ2v) is 10.2. The van der Waals surface area contributed by atoms with Gasteiger partial charge in [-0.2, -0.15) is 4.31 Å². The third-order valence-corrected chi connectivity index (χ3v) is 8.33. The quantitative estimate of drug-likeness (QED) is 0.546. The molecule has 3 heterocycles. The Morgan fingerprint density at radius 1 is 0.848 bits per heavy atom. The lowest BCUT2D eigenvalue weighted by Gasteiger charge is -2.34. The van der Waals surface area contributed by atoms with Gasteiger partial charge < -0.3 is 9.47 Å². The Labute approximate surface area is 192 Å². The summed E-state index contributed by atoms with van der Waals surface area (Å²) >= 11 is 0. The van der Waals surface area contributed by atoms with Crippen LogP contribution in [0.2, 0.25) is 0 Å². The van der Waals surface area contributed by atoms with Crippen molar-refractivity contribution in [3.63, 3.8) is 0 Å². The number of piperazine rings is 1. The minimum absolute atomic E-state index is 0.110. The van der Waals surface area contributed by atoms with Crippen LogP contribution in [0.5, 0.6) is 11.5 Å². The fourth-order valence-electron chi connectivity index (χ4n) is 4.65. The fourth-order valence-corrected chi connectivity index (χ4v) is 6.09. The molecule has 176 valence electrons. The molecule has 10 heteroatoms. The molecule has 0 amide bonds. The van der Waals surface area contributed by atoms with E-state index in [9.17, 15) is 13.2 Å². The lowest BCUT2D eigenvalue weighted by molar-refractivity contribution is 0.173. The molecule has 0 radical (unpaired) electrons. The van der Waals surface area contributed by atoms with Crippen molar-refractivity contribution < 1.29 is 17.9 Å². The minimum atomic E-state index is -3.65. The van der Waals surface area contributed by atoms with Gasteiger partial charge in [0.25, 0.3) is 0 Å². The van der Waals surface area contributed by atoms with Crippen LogP contribution in [0, 0.1) is 0 Å². The van der Waals surface area contributed by atoms with E-state index in [4.69, 9.17) is 9.47 Å². The Hall–Kier alpha value is -2.82. The van der Waals surface area contributed by atoms with Gasteiger partial charge in [0.05, 0.1) is 15.9 Å². The third-order valence-electron chi connectivity index (χ3n) is 6.43. The second kappa shape index (κ2) is 8.51. The molecule has 1 aromatic heterocycles. The highest BCUT2D eigenvalue weighted by Gasteiger charge is 2.29. The Kier molecular flexibility index (Phi) is 5.67. The molecule has 1 fully saturated rings. The van der Waals surface area contributed by atoms with Crippen molar-refractivity contribution in [1.29, 1.82) is 0 Å². The first-order chi connectivity index (χ1) is 15.9. The maximum atomic E-state index is 13.4. The molecule has 0 aliphatic carbocycles. The van der Waals surface area contributed by atoms with Gasteiger partial charge in [-0.25, -0.2) is 13.2 Å². The third kappa shape index (κ3) is 3.81. The highest BCUT2D eigenvalue weighted by Crippen LogP contribution is 2.33. The first-order valence-corrected chi connectivity index (χ1v) is 12.7. The molecular formula is C23H28N4O5S. The molecule has 2 aliphatic rings. The molecule has 0 bridgehead atoms. The van der Waals surface area contributed by atoms with Crippen molar-refractivity contribution in [2.45, 2.75) is 38.4 Å². The zero-order valence-corrected chi connectivity index (χ0v) is 19.7. The van der Waals surface area contributed by atoms with E-state index in [0.29, 0.717) is 44.8 Å². The van der Waals surface area contributed by atoms with Crippen LogP contribution in [0.25, 0.3) is 11.0 Å². The summed E-state index contributed by atoms with van der Waals surface area (Å²) in [4.78, 5) is 15.1. The molecule has 33 heavy (non-hydrogen) atoms. The van der Waals surface area contributed by atoms with Crippen molar-refractivity contribution in [3.05, 3.63) is 52.4 Å². The predicted octanol–water partition coefficient (Wildman–Crippen LogP) is 2.08.